The fraction of sp³-hybridized carbons (Fsp3) is 0.0769. The molecule has 108 valence electrons. The molecule has 0 atom stereocenters. The number of nitrogens with zero attached hydrogens (tertiary/aromatic N) is 2. The second-order valence-electron chi connectivity index (χ2n) is 3.97. The minimum absolute atomic E-state index is 0.121. The number of aromatic nitrogens is 2. The maximum atomic E-state index is 6.06. The van der Waals surface area contributed by atoms with Crippen molar-refractivity contribution in [3.8, 4) is 17.4 Å². The summed E-state index contributed by atoms with van der Waals surface area (Å²) in [6.45, 7) is 0.121. The van der Waals surface area contributed by atoms with Crippen LogP contribution < -0.4 is 4.74 Å². The fourth-order valence-electron chi connectivity index (χ4n) is 1.57. The maximum absolute atomic E-state index is 6.06. The summed E-state index contributed by atoms with van der Waals surface area (Å²) in [6, 6.07) is 8.82. The van der Waals surface area contributed by atoms with Gasteiger partial charge in [0.05, 0.1) is 5.02 Å². The standard InChI is InChI=1S/C13H7Br2ClN2O3/c14-7-1-2-9(8(16)5-7)19-6-12-17-18-13(21-12)10-3-4-11(15)20-10/h1-5H,6H2. The summed E-state index contributed by atoms with van der Waals surface area (Å²) in [5.41, 5.74) is 0. The minimum atomic E-state index is 0.121. The lowest BCUT2D eigenvalue weighted by molar-refractivity contribution is 0.264. The smallest absolute Gasteiger partial charge is 0.283 e. The molecule has 5 nitrogen and oxygen atoms in total. The molecule has 3 aromatic rings. The monoisotopic (exact) mass is 432 g/mol. The van der Waals surface area contributed by atoms with E-state index in [9.17, 15) is 0 Å². The van der Waals surface area contributed by atoms with Crippen LogP contribution in [0.3, 0.4) is 0 Å². The van der Waals surface area contributed by atoms with Crippen molar-refractivity contribution in [2.45, 2.75) is 6.61 Å². The molecule has 0 bridgehead atoms. The van der Waals surface area contributed by atoms with Crippen LogP contribution in [-0.4, -0.2) is 10.2 Å². The Morgan fingerprint density at radius 3 is 2.67 bits per heavy atom. The minimum Gasteiger partial charge on any atom is -0.482 e. The number of halogens is 3. The highest BCUT2D eigenvalue weighted by molar-refractivity contribution is 9.10. The van der Waals surface area contributed by atoms with Crippen LogP contribution in [0.4, 0.5) is 0 Å². The molecular weight excluding hydrogens is 427 g/mol. The van der Waals surface area contributed by atoms with Crippen LogP contribution in [0.5, 0.6) is 5.75 Å². The van der Waals surface area contributed by atoms with Crippen LogP contribution >= 0.6 is 43.5 Å². The average molecular weight is 434 g/mol. The van der Waals surface area contributed by atoms with Gasteiger partial charge < -0.3 is 13.6 Å². The summed E-state index contributed by atoms with van der Waals surface area (Å²) in [6.07, 6.45) is 0. The van der Waals surface area contributed by atoms with E-state index < -0.39 is 0 Å². The SMILES string of the molecule is Clc1cc(Br)ccc1OCc1nnc(-c2ccc(Br)o2)o1. The maximum Gasteiger partial charge on any atom is 0.283 e. The van der Waals surface area contributed by atoms with Crippen molar-refractivity contribution in [1.29, 1.82) is 0 Å². The van der Waals surface area contributed by atoms with E-state index in [1.54, 1.807) is 24.3 Å². The molecule has 0 amide bonds. The van der Waals surface area contributed by atoms with E-state index in [1.165, 1.54) is 0 Å². The first-order valence-electron chi connectivity index (χ1n) is 5.78. The van der Waals surface area contributed by atoms with Crippen molar-refractivity contribution in [3.63, 3.8) is 0 Å². The molecule has 0 aliphatic rings. The molecule has 0 saturated carbocycles. The van der Waals surface area contributed by atoms with Gasteiger partial charge in [0, 0.05) is 4.47 Å². The highest BCUT2D eigenvalue weighted by Crippen LogP contribution is 2.29. The van der Waals surface area contributed by atoms with Crippen LogP contribution in [0.25, 0.3) is 11.7 Å². The number of rotatable bonds is 4. The zero-order valence-electron chi connectivity index (χ0n) is 10.3. The number of hydrogen-bond donors (Lipinski definition) is 0. The van der Waals surface area contributed by atoms with Gasteiger partial charge in [0.25, 0.3) is 11.8 Å². The summed E-state index contributed by atoms with van der Waals surface area (Å²) in [7, 11) is 0. The molecule has 0 fully saturated rings. The Labute approximate surface area is 141 Å². The van der Waals surface area contributed by atoms with Crippen LogP contribution in [0.1, 0.15) is 5.89 Å². The van der Waals surface area contributed by atoms with Gasteiger partial charge in [-0.1, -0.05) is 27.5 Å². The van der Waals surface area contributed by atoms with E-state index in [-0.39, 0.29) is 6.61 Å². The van der Waals surface area contributed by atoms with E-state index in [0.717, 1.165) is 4.47 Å². The highest BCUT2D eigenvalue weighted by atomic mass is 79.9. The Balaban J connectivity index is 1.70. The van der Waals surface area contributed by atoms with Gasteiger partial charge >= 0.3 is 0 Å². The predicted molar refractivity (Wildman–Crippen MR) is 83.2 cm³/mol. The summed E-state index contributed by atoms with van der Waals surface area (Å²) in [5, 5.41) is 8.29. The van der Waals surface area contributed by atoms with Gasteiger partial charge in [-0.05, 0) is 46.3 Å². The number of hydrogen-bond acceptors (Lipinski definition) is 5. The number of ether oxygens (including phenoxy) is 1. The molecule has 8 heteroatoms. The first kappa shape index (κ1) is 14.6. The van der Waals surface area contributed by atoms with Crippen molar-refractivity contribution in [2.24, 2.45) is 0 Å². The molecule has 2 heterocycles. The van der Waals surface area contributed by atoms with Crippen molar-refractivity contribution < 1.29 is 13.6 Å². The number of benzene rings is 1. The second kappa shape index (κ2) is 6.21. The van der Waals surface area contributed by atoms with Crippen LogP contribution in [0.15, 0.2) is 48.3 Å². The summed E-state index contributed by atoms with van der Waals surface area (Å²) >= 11 is 12.6. The molecule has 0 saturated heterocycles. The molecule has 0 spiro atoms. The largest absolute Gasteiger partial charge is 0.482 e. The molecule has 21 heavy (non-hydrogen) atoms. The zero-order chi connectivity index (χ0) is 14.8. The van der Waals surface area contributed by atoms with Crippen LogP contribution in [-0.2, 0) is 6.61 Å². The summed E-state index contributed by atoms with van der Waals surface area (Å²) in [4.78, 5) is 0. The van der Waals surface area contributed by atoms with Crippen LogP contribution in [0, 0.1) is 0 Å². The van der Waals surface area contributed by atoms with Gasteiger partial charge in [0.1, 0.15) is 5.75 Å². The molecular formula is C13H7Br2ClN2O3. The molecule has 0 radical (unpaired) electrons. The third-order valence-electron chi connectivity index (χ3n) is 2.50. The molecule has 1 aromatic carbocycles. The van der Waals surface area contributed by atoms with Gasteiger partial charge in [0.2, 0.25) is 0 Å². The third-order valence-corrected chi connectivity index (χ3v) is 3.71. The lowest BCUT2D eigenvalue weighted by atomic mass is 10.3. The Bertz CT molecular complexity index is 772. The van der Waals surface area contributed by atoms with Crippen molar-refractivity contribution in [3.05, 3.63) is 50.4 Å². The van der Waals surface area contributed by atoms with Gasteiger partial charge in [-0.2, -0.15) is 0 Å². The van der Waals surface area contributed by atoms with E-state index >= 15 is 0 Å². The highest BCUT2D eigenvalue weighted by Gasteiger charge is 2.13. The Hall–Kier alpha value is -1.31. The average Bonchev–Trinajstić information content (AvgIpc) is 3.06. The Morgan fingerprint density at radius 1 is 1.10 bits per heavy atom. The lowest BCUT2D eigenvalue weighted by Gasteiger charge is -2.05. The molecule has 0 unspecified atom stereocenters. The normalized spacial score (nSPS) is 10.8. The van der Waals surface area contributed by atoms with Crippen LogP contribution in [0.2, 0.25) is 5.02 Å². The molecule has 0 aliphatic heterocycles. The second-order valence-corrected chi connectivity index (χ2v) is 6.07. The van der Waals surface area contributed by atoms with E-state index in [4.69, 9.17) is 25.2 Å². The molecule has 2 aromatic heterocycles. The quantitative estimate of drug-likeness (QED) is 0.573. The van der Waals surface area contributed by atoms with Crippen molar-refractivity contribution >= 4 is 43.5 Å². The first-order valence-corrected chi connectivity index (χ1v) is 7.74. The zero-order valence-corrected chi connectivity index (χ0v) is 14.3. The molecule has 3 rings (SSSR count). The van der Waals surface area contributed by atoms with E-state index in [2.05, 4.69) is 42.1 Å². The van der Waals surface area contributed by atoms with Crippen molar-refractivity contribution in [1.82, 2.24) is 10.2 Å². The Morgan fingerprint density at radius 2 is 1.95 bits per heavy atom. The van der Waals surface area contributed by atoms with E-state index in [0.29, 0.717) is 33.0 Å². The summed E-state index contributed by atoms with van der Waals surface area (Å²) in [5.74, 6) is 1.65. The van der Waals surface area contributed by atoms with Gasteiger partial charge in [-0.3, -0.25) is 0 Å². The predicted octanol–water partition coefficient (Wildman–Crippen LogP) is 5.09. The van der Waals surface area contributed by atoms with Gasteiger partial charge in [0.15, 0.2) is 17.0 Å². The number of furan rings is 1. The van der Waals surface area contributed by atoms with Crippen molar-refractivity contribution in [2.75, 3.05) is 0 Å². The summed E-state index contributed by atoms with van der Waals surface area (Å²) < 4.78 is 17.8. The molecule has 0 aliphatic carbocycles. The first-order chi connectivity index (χ1) is 10.1. The fourth-order valence-corrected chi connectivity index (χ4v) is 2.61. The topological polar surface area (TPSA) is 61.3 Å². The third kappa shape index (κ3) is 3.48. The Kier molecular flexibility index (Phi) is 4.32. The van der Waals surface area contributed by atoms with Gasteiger partial charge in [-0.25, -0.2) is 0 Å². The molecule has 0 N–H and O–H groups in total. The van der Waals surface area contributed by atoms with E-state index in [1.807, 2.05) is 6.07 Å². The van der Waals surface area contributed by atoms with Gasteiger partial charge in [-0.15, -0.1) is 10.2 Å². The lowest BCUT2D eigenvalue weighted by Crippen LogP contribution is -1.96.